The van der Waals surface area contributed by atoms with Crippen molar-refractivity contribution in [1.29, 1.82) is 0 Å². The summed E-state index contributed by atoms with van der Waals surface area (Å²) in [4.78, 5) is 0. The van der Waals surface area contributed by atoms with Gasteiger partial charge in [0.25, 0.3) is 0 Å². The van der Waals surface area contributed by atoms with E-state index in [1.807, 2.05) is 60.7 Å². The molecule has 2 N–H and O–H groups in total. The zero-order chi connectivity index (χ0) is 12.1. The first-order valence-corrected chi connectivity index (χ1v) is 5.48. The van der Waals surface area contributed by atoms with Crippen LogP contribution in [0.1, 0.15) is 16.7 Å². The minimum atomic E-state index is -0.181. The first kappa shape index (κ1) is 11.4. The molecule has 0 aliphatic carbocycles. The van der Waals surface area contributed by atoms with Gasteiger partial charge in [-0.25, -0.2) is 5.11 Å². The first-order chi connectivity index (χ1) is 8.28. The second kappa shape index (κ2) is 5.32. The Morgan fingerprint density at radius 1 is 0.941 bits per heavy atom. The highest BCUT2D eigenvalue weighted by Crippen LogP contribution is 2.12. The Morgan fingerprint density at radius 3 is 2.24 bits per heavy atom. The molecule has 2 aromatic carbocycles. The van der Waals surface area contributed by atoms with E-state index in [-0.39, 0.29) is 6.61 Å². The molecule has 0 aromatic heterocycles. The Balaban J connectivity index is 2.19. The average molecular weight is 224 g/mol. The molecule has 0 aliphatic heterocycles. The highest BCUT2D eigenvalue weighted by molar-refractivity contribution is 5.71. The van der Waals surface area contributed by atoms with Gasteiger partial charge in [0.05, 0.1) is 0 Å². The quantitative estimate of drug-likeness (QED) is 0.630. The van der Waals surface area contributed by atoms with Crippen LogP contribution in [-0.2, 0) is 11.7 Å². The van der Waals surface area contributed by atoms with Gasteiger partial charge < -0.3 is 5.73 Å². The molecule has 0 heterocycles. The number of hydrogen-bond donors (Lipinski definition) is 1. The van der Waals surface area contributed by atoms with Crippen LogP contribution in [0.5, 0.6) is 0 Å². The van der Waals surface area contributed by atoms with Crippen LogP contribution >= 0.6 is 0 Å². The summed E-state index contributed by atoms with van der Waals surface area (Å²) in [6.45, 7) is -0.181. The second-order valence-corrected chi connectivity index (χ2v) is 3.89. The Kier molecular flexibility index (Phi) is 3.58. The van der Waals surface area contributed by atoms with Crippen LogP contribution in [-0.4, -0.2) is 0 Å². The number of benzene rings is 2. The monoisotopic (exact) mass is 224 g/mol. The summed E-state index contributed by atoms with van der Waals surface area (Å²) in [6, 6.07) is 15.3. The summed E-state index contributed by atoms with van der Waals surface area (Å²) in [5, 5.41) is 10.8. The SMILES string of the molecule is Nc1cccc(C=Cc2cccc(C[O])c2)c1. The van der Waals surface area contributed by atoms with Gasteiger partial charge in [0, 0.05) is 5.69 Å². The molecule has 0 saturated carbocycles. The Hall–Kier alpha value is -2.06. The van der Waals surface area contributed by atoms with Gasteiger partial charge in [0.2, 0.25) is 0 Å². The summed E-state index contributed by atoms with van der Waals surface area (Å²) in [5.41, 5.74) is 9.34. The van der Waals surface area contributed by atoms with Crippen molar-refractivity contribution in [3.8, 4) is 0 Å². The molecule has 2 heteroatoms. The van der Waals surface area contributed by atoms with Gasteiger partial charge >= 0.3 is 0 Å². The van der Waals surface area contributed by atoms with Crippen molar-refractivity contribution in [2.75, 3.05) is 5.73 Å². The third kappa shape index (κ3) is 3.20. The van der Waals surface area contributed by atoms with Crippen molar-refractivity contribution in [2.45, 2.75) is 6.61 Å². The van der Waals surface area contributed by atoms with Gasteiger partial charge in [-0.15, -0.1) is 0 Å². The number of rotatable bonds is 3. The molecule has 85 valence electrons. The van der Waals surface area contributed by atoms with Crippen LogP contribution < -0.4 is 5.73 Å². The molecule has 0 atom stereocenters. The van der Waals surface area contributed by atoms with Crippen molar-refractivity contribution in [3.05, 3.63) is 65.2 Å². The zero-order valence-corrected chi connectivity index (χ0v) is 9.47. The predicted molar refractivity (Wildman–Crippen MR) is 70.6 cm³/mol. The van der Waals surface area contributed by atoms with Crippen molar-refractivity contribution in [1.82, 2.24) is 0 Å². The van der Waals surface area contributed by atoms with Gasteiger partial charge in [-0.05, 0) is 34.9 Å². The number of hydrogen-bond acceptors (Lipinski definition) is 1. The third-order valence-corrected chi connectivity index (χ3v) is 2.50. The van der Waals surface area contributed by atoms with Crippen LogP contribution in [0.4, 0.5) is 5.69 Å². The van der Waals surface area contributed by atoms with Crippen molar-refractivity contribution < 1.29 is 5.11 Å². The third-order valence-electron chi connectivity index (χ3n) is 2.50. The Bertz CT molecular complexity index is 532. The summed E-state index contributed by atoms with van der Waals surface area (Å²) >= 11 is 0. The lowest BCUT2D eigenvalue weighted by Crippen LogP contribution is -1.84. The molecular formula is C15H14NO. The smallest absolute Gasteiger partial charge is 0.107 e. The van der Waals surface area contributed by atoms with Crippen LogP contribution in [0.3, 0.4) is 0 Å². The van der Waals surface area contributed by atoms with Gasteiger partial charge in [-0.2, -0.15) is 0 Å². The summed E-state index contributed by atoms with van der Waals surface area (Å²) in [6.07, 6.45) is 3.97. The number of anilines is 1. The van der Waals surface area contributed by atoms with E-state index >= 15 is 0 Å². The second-order valence-electron chi connectivity index (χ2n) is 3.89. The van der Waals surface area contributed by atoms with Gasteiger partial charge in [-0.3, -0.25) is 0 Å². The topological polar surface area (TPSA) is 45.9 Å². The highest BCUT2D eigenvalue weighted by Gasteiger charge is 1.92. The largest absolute Gasteiger partial charge is 0.399 e. The summed E-state index contributed by atoms with van der Waals surface area (Å²) in [7, 11) is 0. The predicted octanol–water partition coefficient (Wildman–Crippen LogP) is 3.37. The normalized spacial score (nSPS) is 10.9. The fourth-order valence-corrected chi connectivity index (χ4v) is 1.64. The lowest BCUT2D eigenvalue weighted by molar-refractivity contribution is 0.177. The van der Waals surface area contributed by atoms with E-state index in [1.54, 1.807) is 0 Å². The molecule has 0 fully saturated rings. The Morgan fingerprint density at radius 2 is 1.59 bits per heavy atom. The minimum absolute atomic E-state index is 0.181. The number of nitrogen functional groups attached to an aromatic ring is 1. The summed E-state index contributed by atoms with van der Waals surface area (Å²) in [5.74, 6) is 0. The molecule has 2 nitrogen and oxygen atoms in total. The van der Waals surface area contributed by atoms with Crippen molar-refractivity contribution >= 4 is 17.8 Å². The molecule has 1 radical (unpaired) electrons. The Labute approximate surface area is 101 Å². The number of nitrogens with two attached hydrogens (primary N) is 1. The van der Waals surface area contributed by atoms with E-state index in [4.69, 9.17) is 5.73 Å². The molecule has 0 amide bonds. The molecule has 0 unspecified atom stereocenters. The molecular weight excluding hydrogens is 210 g/mol. The lowest BCUT2D eigenvalue weighted by Gasteiger charge is -1.98. The van der Waals surface area contributed by atoms with Crippen LogP contribution in [0, 0.1) is 0 Å². The molecule has 0 spiro atoms. The maximum atomic E-state index is 10.8. The summed E-state index contributed by atoms with van der Waals surface area (Å²) < 4.78 is 0. The van der Waals surface area contributed by atoms with E-state index in [1.165, 1.54) is 0 Å². The molecule has 2 rings (SSSR count). The fourth-order valence-electron chi connectivity index (χ4n) is 1.64. The van der Waals surface area contributed by atoms with Gasteiger partial charge in [-0.1, -0.05) is 42.5 Å². The van der Waals surface area contributed by atoms with Crippen molar-refractivity contribution in [2.24, 2.45) is 0 Å². The lowest BCUT2D eigenvalue weighted by atomic mass is 10.1. The van der Waals surface area contributed by atoms with E-state index in [2.05, 4.69) is 0 Å². The van der Waals surface area contributed by atoms with Gasteiger partial charge in [0.1, 0.15) is 6.61 Å². The van der Waals surface area contributed by atoms with Crippen molar-refractivity contribution in [3.63, 3.8) is 0 Å². The van der Waals surface area contributed by atoms with Crippen LogP contribution in [0.25, 0.3) is 12.2 Å². The van der Waals surface area contributed by atoms with Crippen LogP contribution in [0.15, 0.2) is 48.5 Å². The maximum Gasteiger partial charge on any atom is 0.107 e. The average Bonchev–Trinajstić information content (AvgIpc) is 2.37. The maximum absolute atomic E-state index is 10.8. The highest BCUT2D eigenvalue weighted by atomic mass is 16.3. The van der Waals surface area contributed by atoms with E-state index in [0.29, 0.717) is 0 Å². The standard InChI is InChI=1S/C15H14NO/c16-15-6-2-4-13(10-15)8-7-12-3-1-5-14(9-12)11-17/h1-10H,11,16H2. The molecule has 2 aromatic rings. The zero-order valence-electron chi connectivity index (χ0n) is 9.47. The molecule has 0 aliphatic rings. The molecule has 0 saturated heterocycles. The molecule has 17 heavy (non-hydrogen) atoms. The fraction of sp³-hybridized carbons (Fsp3) is 0.0667. The van der Waals surface area contributed by atoms with E-state index in [0.717, 1.165) is 22.4 Å². The van der Waals surface area contributed by atoms with E-state index < -0.39 is 0 Å². The minimum Gasteiger partial charge on any atom is -0.399 e. The first-order valence-electron chi connectivity index (χ1n) is 5.48. The van der Waals surface area contributed by atoms with Gasteiger partial charge in [0.15, 0.2) is 0 Å². The van der Waals surface area contributed by atoms with Crippen LogP contribution in [0.2, 0.25) is 0 Å². The van der Waals surface area contributed by atoms with E-state index in [9.17, 15) is 5.11 Å². The molecule has 0 bridgehead atoms.